The summed E-state index contributed by atoms with van der Waals surface area (Å²) >= 11 is 0. The van der Waals surface area contributed by atoms with Crippen LogP contribution < -0.4 is 5.56 Å². The molecule has 0 radical (unpaired) electrons. The molecule has 0 saturated heterocycles. The molecule has 0 amide bonds. The Kier molecular flexibility index (Phi) is 4.43. The van der Waals surface area contributed by atoms with Gasteiger partial charge in [-0.15, -0.1) is 10.2 Å². The summed E-state index contributed by atoms with van der Waals surface area (Å²) in [5, 5.41) is 13.3. The number of benzene rings is 1. The van der Waals surface area contributed by atoms with Crippen LogP contribution in [0.15, 0.2) is 41.5 Å². The van der Waals surface area contributed by atoms with E-state index in [0.717, 1.165) is 29.7 Å². The van der Waals surface area contributed by atoms with E-state index in [1.54, 1.807) is 15.4 Å². The highest BCUT2D eigenvalue weighted by Gasteiger charge is 2.19. The zero-order valence-corrected chi connectivity index (χ0v) is 15.8. The Morgan fingerprint density at radius 3 is 2.56 bits per heavy atom. The van der Waals surface area contributed by atoms with Gasteiger partial charge in [-0.1, -0.05) is 51.1 Å². The maximum Gasteiger partial charge on any atom is 0.283 e. The topological polar surface area (TPSA) is 78.0 Å². The molecule has 0 aliphatic heterocycles. The van der Waals surface area contributed by atoms with E-state index in [1.807, 2.05) is 30.3 Å². The minimum atomic E-state index is -0.176. The summed E-state index contributed by atoms with van der Waals surface area (Å²) in [6, 6.07) is 10.00. The molecule has 0 atom stereocenters. The van der Waals surface area contributed by atoms with Crippen molar-refractivity contribution in [2.24, 2.45) is 5.92 Å². The summed E-state index contributed by atoms with van der Waals surface area (Å²) in [4.78, 5) is 17.3. The zero-order valence-electron chi connectivity index (χ0n) is 15.8. The molecule has 3 aromatic heterocycles. The highest BCUT2D eigenvalue weighted by Crippen LogP contribution is 2.28. The van der Waals surface area contributed by atoms with Crippen LogP contribution >= 0.6 is 0 Å². The van der Waals surface area contributed by atoms with Gasteiger partial charge >= 0.3 is 0 Å². The molecule has 0 spiro atoms. The zero-order chi connectivity index (χ0) is 19.0. The van der Waals surface area contributed by atoms with Gasteiger partial charge in [-0.3, -0.25) is 9.36 Å². The van der Waals surface area contributed by atoms with Gasteiger partial charge in [-0.25, -0.2) is 4.98 Å². The number of rotatable bonds is 5. The van der Waals surface area contributed by atoms with Crippen molar-refractivity contribution in [3.63, 3.8) is 0 Å². The lowest BCUT2D eigenvalue weighted by Gasteiger charge is -2.08. The van der Waals surface area contributed by atoms with Crippen LogP contribution in [-0.4, -0.2) is 29.4 Å². The largest absolute Gasteiger partial charge is 0.297 e. The Hall–Kier alpha value is -3.09. The van der Waals surface area contributed by atoms with Gasteiger partial charge in [0, 0.05) is 6.54 Å². The van der Waals surface area contributed by atoms with Crippen LogP contribution in [0.2, 0.25) is 0 Å². The lowest BCUT2D eigenvalue weighted by atomic mass is 10.0. The Labute approximate surface area is 156 Å². The first-order valence-corrected chi connectivity index (χ1v) is 9.29. The summed E-state index contributed by atoms with van der Waals surface area (Å²) < 4.78 is 3.25. The number of fused-ring (bicyclic) bond motifs is 3. The first kappa shape index (κ1) is 17.3. The fourth-order valence-electron chi connectivity index (χ4n) is 3.21. The molecule has 7 nitrogen and oxygen atoms in total. The first-order valence-electron chi connectivity index (χ1n) is 9.29. The van der Waals surface area contributed by atoms with Gasteiger partial charge in [0.2, 0.25) is 0 Å². The van der Waals surface area contributed by atoms with E-state index >= 15 is 0 Å². The number of nitrogens with zero attached hydrogens (tertiary/aromatic N) is 6. The molecule has 0 bridgehead atoms. The van der Waals surface area contributed by atoms with Crippen molar-refractivity contribution in [3.05, 3.63) is 52.7 Å². The van der Waals surface area contributed by atoms with Gasteiger partial charge in [0.1, 0.15) is 6.33 Å². The summed E-state index contributed by atoms with van der Waals surface area (Å²) in [7, 11) is 0. The molecule has 0 N–H and O–H groups in total. The second kappa shape index (κ2) is 6.90. The second-order valence-corrected chi connectivity index (χ2v) is 7.07. The van der Waals surface area contributed by atoms with Crippen LogP contribution in [0.25, 0.3) is 27.9 Å². The van der Waals surface area contributed by atoms with Crippen LogP contribution in [0, 0.1) is 5.92 Å². The quantitative estimate of drug-likeness (QED) is 0.545. The molecular formula is C20H22N6O. The van der Waals surface area contributed by atoms with Crippen LogP contribution in [0.4, 0.5) is 0 Å². The number of hydrogen-bond acceptors (Lipinski definition) is 5. The van der Waals surface area contributed by atoms with Crippen LogP contribution in [-0.2, 0) is 13.0 Å². The molecule has 0 aliphatic carbocycles. The molecule has 27 heavy (non-hydrogen) atoms. The van der Waals surface area contributed by atoms with Gasteiger partial charge in [0.05, 0.1) is 11.3 Å². The van der Waals surface area contributed by atoms with Crippen molar-refractivity contribution >= 4 is 16.8 Å². The van der Waals surface area contributed by atoms with E-state index < -0.39 is 0 Å². The third kappa shape index (κ3) is 2.99. The predicted molar refractivity (Wildman–Crippen MR) is 105 cm³/mol. The van der Waals surface area contributed by atoms with Crippen LogP contribution in [0.3, 0.4) is 0 Å². The average Bonchev–Trinajstić information content (AvgIpc) is 3.07. The van der Waals surface area contributed by atoms with Gasteiger partial charge in [0.25, 0.3) is 5.56 Å². The van der Waals surface area contributed by atoms with E-state index in [0.29, 0.717) is 23.8 Å². The summed E-state index contributed by atoms with van der Waals surface area (Å²) in [5.41, 5.74) is 4.03. The number of aryl methyl sites for hydroxylation is 2. The highest BCUT2D eigenvalue weighted by molar-refractivity contribution is 5.83. The minimum absolute atomic E-state index is 0.176. The average molecular weight is 362 g/mol. The van der Waals surface area contributed by atoms with Gasteiger partial charge in [-0.05, 0) is 24.3 Å². The smallest absolute Gasteiger partial charge is 0.283 e. The molecule has 4 aromatic rings. The second-order valence-electron chi connectivity index (χ2n) is 7.07. The molecule has 3 heterocycles. The van der Waals surface area contributed by atoms with Crippen molar-refractivity contribution in [2.45, 2.75) is 40.2 Å². The van der Waals surface area contributed by atoms with Gasteiger partial charge < -0.3 is 0 Å². The molecule has 0 unspecified atom stereocenters. The van der Waals surface area contributed by atoms with E-state index in [4.69, 9.17) is 0 Å². The Morgan fingerprint density at radius 2 is 1.85 bits per heavy atom. The van der Waals surface area contributed by atoms with Crippen molar-refractivity contribution in [3.8, 4) is 11.1 Å². The molecule has 7 heteroatoms. The van der Waals surface area contributed by atoms with Gasteiger partial charge in [-0.2, -0.15) is 9.61 Å². The third-order valence-corrected chi connectivity index (χ3v) is 4.72. The third-order valence-electron chi connectivity index (χ3n) is 4.72. The maximum absolute atomic E-state index is 12.8. The molecule has 0 aliphatic rings. The Morgan fingerprint density at radius 1 is 1.07 bits per heavy atom. The summed E-state index contributed by atoms with van der Waals surface area (Å²) in [6.45, 7) is 6.93. The minimum Gasteiger partial charge on any atom is -0.297 e. The maximum atomic E-state index is 12.8. The van der Waals surface area contributed by atoms with E-state index in [1.165, 1.54) is 0 Å². The molecule has 0 saturated carbocycles. The van der Waals surface area contributed by atoms with Crippen molar-refractivity contribution in [2.75, 3.05) is 0 Å². The molecule has 1 aromatic carbocycles. The van der Waals surface area contributed by atoms with Crippen molar-refractivity contribution in [1.29, 1.82) is 0 Å². The Balaban J connectivity index is 1.94. The highest BCUT2D eigenvalue weighted by atomic mass is 16.1. The predicted octanol–water partition coefficient (Wildman–Crippen LogP) is 3.11. The van der Waals surface area contributed by atoms with Gasteiger partial charge in [0.15, 0.2) is 16.8 Å². The molecule has 138 valence electrons. The lowest BCUT2D eigenvalue weighted by Crippen LogP contribution is -2.23. The Bertz CT molecular complexity index is 1160. The number of hydrogen-bond donors (Lipinski definition) is 0. The summed E-state index contributed by atoms with van der Waals surface area (Å²) in [6.07, 6.45) is 3.24. The van der Waals surface area contributed by atoms with Crippen LogP contribution in [0.1, 0.15) is 32.9 Å². The standard InChI is InChI=1S/C20H22N6O/c1-4-15-16(14-8-6-5-7-9-14)18-23-22-17-19(26(18)24-15)21-12-25(20(17)27)11-10-13(2)3/h5-9,12-13H,4,10-11H2,1-3H3. The van der Waals surface area contributed by atoms with Crippen molar-refractivity contribution in [1.82, 2.24) is 29.4 Å². The SMILES string of the molecule is CCc1nn2c(nnc3c(=O)n(CCC(C)C)cnc32)c1-c1ccccc1. The van der Waals surface area contributed by atoms with E-state index in [-0.39, 0.29) is 11.1 Å². The molecule has 4 rings (SSSR count). The van der Waals surface area contributed by atoms with Crippen molar-refractivity contribution < 1.29 is 0 Å². The van der Waals surface area contributed by atoms with E-state index in [2.05, 4.69) is 41.1 Å². The fraction of sp³-hybridized carbons (Fsp3) is 0.350. The fourth-order valence-corrected chi connectivity index (χ4v) is 3.21. The first-order chi connectivity index (χ1) is 13.1. The number of aromatic nitrogens is 6. The van der Waals surface area contributed by atoms with E-state index in [9.17, 15) is 4.79 Å². The van der Waals surface area contributed by atoms with Crippen LogP contribution in [0.5, 0.6) is 0 Å². The summed E-state index contributed by atoms with van der Waals surface area (Å²) in [5.74, 6) is 0.507. The normalized spacial score (nSPS) is 11.7. The lowest BCUT2D eigenvalue weighted by molar-refractivity contribution is 0.505. The molecule has 0 fully saturated rings. The molecular weight excluding hydrogens is 340 g/mol. The monoisotopic (exact) mass is 362 g/mol.